The van der Waals surface area contributed by atoms with Crippen LogP contribution in [0.2, 0.25) is 5.02 Å². The van der Waals surface area contributed by atoms with Crippen molar-refractivity contribution < 1.29 is 8.42 Å². The van der Waals surface area contributed by atoms with Crippen LogP contribution in [0.5, 0.6) is 0 Å². The summed E-state index contributed by atoms with van der Waals surface area (Å²) in [6.45, 7) is 0.768. The zero-order valence-corrected chi connectivity index (χ0v) is 9.50. The van der Waals surface area contributed by atoms with E-state index in [9.17, 15) is 8.42 Å². The first-order chi connectivity index (χ1) is 7.00. The van der Waals surface area contributed by atoms with Crippen molar-refractivity contribution in [2.24, 2.45) is 5.73 Å². The lowest BCUT2D eigenvalue weighted by atomic mass is 10.2. The molecule has 2 N–H and O–H groups in total. The summed E-state index contributed by atoms with van der Waals surface area (Å²) in [4.78, 5) is 0.224. The first-order valence-corrected chi connectivity index (χ1v) is 6.33. The van der Waals surface area contributed by atoms with Gasteiger partial charge in [0.25, 0.3) is 0 Å². The fourth-order valence-corrected chi connectivity index (χ4v) is 3.30. The van der Waals surface area contributed by atoms with E-state index in [4.69, 9.17) is 17.3 Å². The maximum Gasteiger partial charge on any atom is 0.243 e. The lowest BCUT2D eigenvalue weighted by Gasteiger charge is -2.35. The van der Waals surface area contributed by atoms with Crippen LogP contribution in [0, 0.1) is 0 Å². The van der Waals surface area contributed by atoms with Gasteiger partial charge >= 0.3 is 0 Å². The lowest BCUT2D eigenvalue weighted by Crippen LogP contribution is -2.57. The first-order valence-electron chi connectivity index (χ1n) is 4.51. The van der Waals surface area contributed by atoms with Crippen LogP contribution in [0.25, 0.3) is 0 Å². The lowest BCUT2D eigenvalue weighted by molar-refractivity contribution is 0.265. The van der Waals surface area contributed by atoms with Crippen LogP contribution in [-0.4, -0.2) is 31.9 Å². The zero-order chi connectivity index (χ0) is 11.1. The van der Waals surface area contributed by atoms with Gasteiger partial charge in [-0.1, -0.05) is 17.7 Å². The number of halogens is 1. The van der Waals surface area contributed by atoms with Gasteiger partial charge in [-0.2, -0.15) is 4.31 Å². The van der Waals surface area contributed by atoms with Gasteiger partial charge in [0, 0.05) is 24.2 Å². The van der Waals surface area contributed by atoms with Gasteiger partial charge in [-0.3, -0.25) is 0 Å². The summed E-state index contributed by atoms with van der Waals surface area (Å²) in [7, 11) is -3.39. The molecule has 15 heavy (non-hydrogen) atoms. The van der Waals surface area contributed by atoms with Gasteiger partial charge in [0.05, 0.1) is 4.90 Å². The Morgan fingerprint density at radius 2 is 2.07 bits per heavy atom. The number of sulfonamides is 1. The molecule has 1 aliphatic rings. The maximum atomic E-state index is 11.9. The average Bonchev–Trinajstić information content (AvgIpc) is 2.13. The van der Waals surface area contributed by atoms with Gasteiger partial charge in [0.2, 0.25) is 10.0 Å². The number of hydrogen-bond donors (Lipinski definition) is 1. The molecular weight excluding hydrogens is 236 g/mol. The smallest absolute Gasteiger partial charge is 0.243 e. The molecule has 0 atom stereocenters. The predicted octanol–water partition coefficient (Wildman–Crippen LogP) is 0.672. The molecular formula is C9H11ClN2O2S. The molecule has 1 heterocycles. The summed E-state index contributed by atoms with van der Waals surface area (Å²) in [5.74, 6) is 0. The van der Waals surface area contributed by atoms with Gasteiger partial charge in [0.15, 0.2) is 0 Å². The van der Waals surface area contributed by atoms with E-state index in [0.29, 0.717) is 18.1 Å². The zero-order valence-electron chi connectivity index (χ0n) is 7.93. The van der Waals surface area contributed by atoms with E-state index in [-0.39, 0.29) is 10.9 Å². The third kappa shape index (κ3) is 2.01. The quantitative estimate of drug-likeness (QED) is 0.834. The molecule has 0 bridgehead atoms. The molecule has 1 fully saturated rings. The number of nitrogens with two attached hydrogens (primary N) is 1. The van der Waals surface area contributed by atoms with Crippen molar-refractivity contribution in [2.75, 3.05) is 13.1 Å². The molecule has 2 rings (SSSR count). The Hall–Kier alpha value is -0.620. The minimum Gasteiger partial charge on any atom is -0.325 e. The summed E-state index contributed by atoms with van der Waals surface area (Å²) in [5, 5.41) is 0.417. The molecule has 0 saturated carbocycles. The Morgan fingerprint density at radius 1 is 1.40 bits per heavy atom. The summed E-state index contributed by atoms with van der Waals surface area (Å²) >= 11 is 5.74. The molecule has 0 amide bonds. The Labute approximate surface area is 93.7 Å². The second-order valence-electron chi connectivity index (χ2n) is 3.54. The maximum absolute atomic E-state index is 11.9. The van der Waals surface area contributed by atoms with Crippen LogP contribution in [0.15, 0.2) is 29.2 Å². The predicted molar refractivity (Wildman–Crippen MR) is 58.2 cm³/mol. The Bertz CT molecular complexity index is 469. The van der Waals surface area contributed by atoms with E-state index in [1.807, 2.05) is 0 Å². The van der Waals surface area contributed by atoms with Crippen molar-refractivity contribution >= 4 is 21.6 Å². The van der Waals surface area contributed by atoms with Crippen LogP contribution in [0.1, 0.15) is 0 Å². The third-order valence-corrected chi connectivity index (χ3v) is 4.37. The van der Waals surface area contributed by atoms with E-state index >= 15 is 0 Å². The normalized spacial score (nSPS) is 18.8. The Balaban J connectivity index is 2.30. The van der Waals surface area contributed by atoms with Gasteiger partial charge in [-0.15, -0.1) is 0 Å². The second kappa shape index (κ2) is 3.75. The molecule has 1 aliphatic heterocycles. The van der Waals surface area contributed by atoms with Crippen molar-refractivity contribution in [1.82, 2.24) is 4.31 Å². The average molecular weight is 247 g/mol. The van der Waals surface area contributed by atoms with Crippen molar-refractivity contribution in [2.45, 2.75) is 10.9 Å². The summed E-state index contributed by atoms with van der Waals surface area (Å²) < 4.78 is 25.2. The molecule has 4 nitrogen and oxygen atoms in total. The molecule has 0 spiro atoms. The second-order valence-corrected chi connectivity index (χ2v) is 5.91. The van der Waals surface area contributed by atoms with Gasteiger partial charge in [-0.05, 0) is 18.2 Å². The van der Waals surface area contributed by atoms with Crippen LogP contribution in [-0.2, 0) is 10.0 Å². The van der Waals surface area contributed by atoms with Crippen LogP contribution in [0.3, 0.4) is 0 Å². The molecule has 82 valence electrons. The number of hydrogen-bond acceptors (Lipinski definition) is 3. The minimum absolute atomic E-state index is 0.0426. The molecule has 1 aromatic rings. The number of benzene rings is 1. The van der Waals surface area contributed by atoms with E-state index in [0.717, 1.165) is 0 Å². The summed E-state index contributed by atoms with van der Waals surface area (Å²) in [5.41, 5.74) is 5.54. The van der Waals surface area contributed by atoms with E-state index in [2.05, 4.69) is 0 Å². The molecule has 0 unspecified atom stereocenters. The molecule has 1 saturated heterocycles. The highest BCUT2D eigenvalue weighted by Crippen LogP contribution is 2.22. The van der Waals surface area contributed by atoms with Crippen molar-refractivity contribution in [3.63, 3.8) is 0 Å². The number of rotatable bonds is 2. The molecule has 1 aromatic carbocycles. The van der Waals surface area contributed by atoms with Crippen molar-refractivity contribution in [3.8, 4) is 0 Å². The molecule has 0 aliphatic carbocycles. The van der Waals surface area contributed by atoms with Crippen LogP contribution >= 0.6 is 11.6 Å². The molecule has 6 heteroatoms. The van der Waals surface area contributed by atoms with Gasteiger partial charge < -0.3 is 5.73 Å². The molecule has 0 aromatic heterocycles. The standard InChI is InChI=1S/C9H11ClN2O2S/c10-7-2-1-3-9(4-7)15(13,14)12-5-8(11)6-12/h1-4,8H,5-6,11H2. The highest BCUT2D eigenvalue weighted by molar-refractivity contribution is 7.89. The minimum atomic E-state index is -3.39. The highest BCUT2D eigenvalue weighted by Gasteiger charge is 2.34. The fourth-order valence-electron chi connectivity index (χ4n) is 1.44. The SMILES string of the molecule is NC1CN(S(=O)(=O)c2cccc(Cl)c2)C1. The summed E-state index contributed by atoms with van der Waals surface area (Å²) in [6, 6.07) is 6.20. The van der Waals surface area contributed by atoms with E-state index < -0.39 is 10.0 Å². The van der Waals surface area contributed by atoms with Gasteiger partial charge in [-0.25, -0.2) is 8.42 Å². The number of nitrogens with zero attached hydrogens (tertiary/aromatic N) is 1. The van der Waals surface area contributed by atoms with Gasteiger partial charge in [0.1, 0.15) is 0 Å². The third-order valence-electron chi connectivity index (χ3n) is 2.31. The van der Waals surface area contributed by atoms with Crippen molar-refractivity contribution in [1.29, 1.82) is 0 Å². The topological polar surface area (TPSA) is 63.4 Å². The van der Waals surface area contributed by atoms with E-state index in [1.165, 1.54) is 16.4 Å². The van der Waals surface area contributed by atoms with Crippen LogP contribution in [0.4, 0.5) is 0 Å². The van der Waals surface area contributed by atoms with Crippen molar-refractivity contribution in [3.05, 3.63) is 29.3 Å². The highest BCUT2D eigenvalue weighted by atomic mass is 35.5. The Morgan fingerprint density at radius 3 is 2.60 bits per heavy atom. The summed E-state index contributed by atoms with van der Waals surface area (Å²) in [6.07, 6.45) is 0. The Kier molecular flexibility index (Phi) is 2.72. The molecule has 0 radical (unpaired) electrons. The largest absolute Gasteiger partial charge is 0.325 e. The van der Waals surface area contributed by atoms with E-state index in [1.54, 1.807) is 12.1 Å². The first kappa shape index (κ1) is 10.9. The van der Waals surface area contributed by atoms with Crippen LogP contribution < -0.4 is 5.73 Å². The monoisotopic (exact) mass is 246 g/mol. The fraction of sp³-hybridized carbons (Fsp3) is 0.333.